The number of carbonyl (C=O) groups is 1. The second kappa shape index (κ2) is 5.80. The first-order valence-electron chi connectivity index (χ1n) is 5.99. The lowest BCUT2D eigenvalue weighted by atomic mass is 10.1. The first kappa shape index (κ1) is 13.5. The molecule has 1 aromatic rings. The maximum atomic E-state index is 12.9. The van der Waals surface area contributed by atoms with Crippen LogP contribution in [0.2, 0.25) is 0 Å². The summed E-state index contributed by atoms with van der Waals surface area (Å²) in [5.74, 6) is -0.501. The average molecular weight is 316 g/mol. The van der Waals surface area contributed by atoms with E-state index in [1.54, 1.807) is 0 Å². The number of hydrogen-bond donors (Lipinski definition) is 2. The fraction of sp³-hybridized carbons (Fsp3) is 0.462. The van der Waals surface area contributed by atoms with Gasteiger partial charge in [-0.15, -0.1) is 0 Å². The Morgan fingerprint density at radius 3 is 2.89 bits per heavy atom. The third-order valence-electron chi connectivity index (χ3n) is 3.32. The zero-order chi connectivity index (χ0) is 13.1. The molecule has 0 bridgehead atoms. The first-order chi connectivity index (χ1) is 8.58. The van der Waals surface area contributed by atoms with Gasteiger partial charge >= 0.3 is 0 Å². The largest absolute Gasteiger partial charge is 0.393 e. The molecule has 5 heteroatoms. The average Bonchev–Trinajstić information content (AvgIpc) is 2.72. The van der Waals surface area contributed by atoms with Gasteiger partial charge in [0.2, 0.25) is 0 Å². The third-order valence-corrected chi connectivity index (χ3v) is 3.98. The summed E-state index contributed by atoms with van der Waals surface area (Å²) in [4.78, 5) is 11.9. The molecule has 0 saturated heterocycles. The summed E-state index contributed by atoms with van der Waals surface area (Å²) in [5, 5.41) is 12.4. The zero-order valence-corrected chi connectivity index (χ0v) is 11.4. The van der Waals surface area contributed by atoms with Crippen LogP contribution in [0.15, 0.2) is 22.7 Å². The zero-order valence-electron chi connectivity index (χ0n) is 9.83. The molecule has 1 amide bonds. The molecular formula is C13H15BrFNO2. The second-order valence-electron chi connectivity index (χ2n) is 4.59. The molecular weight excluding hydrogens is 301 g/mol. The van der Waals surface area contributed by atoms with E-state index in [0.29, 0.717) is 16.6 Å². The van der Waals surface area contributed by atoms with Gasteiger partial charge in [0.05, 0.1) is 11.7 Å². The lowest BCUT2D eigenvalue weighted by molar-refractivity contribution is 0.0916. The molecule has 0 spiro atoms. The third kappa shape index (κ3) is 3.09. The quantitative estimate of drug-likeness (QED) is 0.900. The van der Waals surface area contributed by atoms with Crippen LogP contribution in [0.4, 0.5) is 4.39 Å². The Kier molecular flexibility index (Phi) is 4.35. The predicted octanol–water partition coefficient (Wildman–Crippen LogP) is 2.48. The molecule has 0 aromatic heterocycles. The highest BCUT2D eigenvalue weighted by Gasteiger charge is 2.25. The van der Waals surface area contributed by atoms with Gasteiger partial charge in [0.25, 0.3) is 5.91 Å². The summed E-state index contributed by atoms with van der Waals surface area (Å²) in [6, 6.07) is 3.96. The summed E-state index contributed by atoms with van der Waals surface area (Å²) in [6.07, 6.45) is 2.43. The van der Waals surface area contributed by atoms with Crippen molar-refractivity contribution in [2.75, 3.05) is 6.54 Å². The molecule has 98 valence electrons. The van der Waals surface area contributed by atoms with Gasteiger partial charge in [-0.1, -0.05) is 6.42 Å². The number of benzene rings is 1. The number of aliphatic hydroxyl groups is 1. The summed E-state index contributed by atoms with van der Waals surface area (Å²) in [7, 11) is 0. The van der Waals surface area contributed by atoms with Crippen molar-refractivity contribution < 1.29 is 14.3 Å². The predicted molar refractivity (Wildman–Crippen MR) is 69.8 cm³/mol. The lowest BCUT2D eigenvalue weighted by Gasteiger charge is -2.15. The number of nitrogens with one attached hydrogen (secondary N) is 1. The molecule has 0 aliphatic heterocycles. The van der Waals surface area contributed by atoms with E-state index < -0.39 is 0 Å². The Hall–Kier alpha value is -0.940. The maximum absolute atomic E-state index is 12.9. The Morgan fingerprint density at radius 1 is 1.50 bits per heavy atom. The SMILES string of the molecule is O=C(NCC1CCCC1O)c1ccc(F)cc1Br. The van der Waals surface area contributed by atoms with Gasteiger partial charge in [0.15, 0.2) is 0 Å². The van der Waals surface area contributed by atoms with Gasteiger partial charge in [0.1, 0.15) is 5.82 Å². The van der Waals surface area contributed by atoms with Crippen molar-refractivity contribution in [2.45, 2.75) is 25.4 Å². The normalized spacial score (nSPS) is 23.1. The van der Waals surface area contributed by atoms with Crippen LogP contribution in [-0.4, -0.2) is 23.7 Å². The number of aliphatic hydroxyl groups excluding tert-OH is 1. The Balaban J connectivity index is 1.95. The van der Waals surface area contributed by atoms with Crippen molar-refractivity contribution in [1.82, 2.24) is 5.32 Å². The molecule has 2 rings (SSSR count). The van der Waals surface area contributed by atoms with E-state index in [-0.39, 0.29) is 23.7 Å². The topological polar surface area (TPSA) is 49.3 Å². The van der Waals surface area contributed by atoms with Crippen LogP contribution in [0.1, 0.15) is 29.6 Å². The lowest BCUT2D eigenvalue weighted by Crippen LogP contribution is -2.32. The van der Waals surface area contributed by atoms with Gasteiger partial charge in [0, 0.05) is 16.9 Å². The van der Waals surface area contributed by atoms with Gasteiger partial charge < -0.3 is 10.4 Å². The molecule has 0 heterocycles. The van der Waals surface area contributed by atoms with Gasteiger partial charge in [-0.25, -0.2) is 4.39 Å². The van der Waals surface area contributed by atoms with E-state index in [0.717, 1.165) is 19.3 Å². The fourth-order valence-corrected chi connectivity index (χ4v) is 2.78. The van der Waals surface area contributed by atoms with Crippen molar-refractivity contribution in [3.8, 4) is 0 Å². The minimum absolute atomic E-state index is 0.133. The number of halogens is 2. The van der Waals surface area contributed by atoms with Crippen LogP contribution in [-0.2, 0) is 0 Å². The Bertz CT molecular complexity index is 453. The summed E-state index contributed by atoms with van der Waals surface area (Å²) < 4.78 is 13.3. The fourth-order valence-electron chi connectivity index (χ4n) is 2.25. The number of carbonyl (C=O) groups excluding carboxylic acids is 1. The minimum atomic E-state index is -0.385. The molecule has 2 unspecified atom stereocenters. The molecule has 18 heavy (non-hydrogen) atoms. The van der Waals surface area contributed by atoms with E-state index in [2.05, 4.69) is 21.2 Å². The van der Waals surface area contributed by atoms with Crippen molar-refractivity contribution in [3.63, 3.8) is 0 Å². The van der Waals surface area contributed by atoms with E-state index in [9.17, 15) is 14.3 Å². The monoisotopic (exact) mass is 315 g/mol. The molecule has 1 aliphatic carbocycles. The molecule has 3 nitrogen and oxygen atoms in total. The van der Waals surface area contributed by atoms with Crippen LogP contribution in [0.5, 0.6) is 0 Å². The standard InChI is InChI=1S/C13H15BrFNO2/c14-11-6-9(15)4-5-10(11)13(18)16-7-8-2-1-3-12(8)17/h4-6,8,12,17H,1-3,7H2,(H,16,18). The van der Waals surface area contributed by atoms with E-state index in [4.69, 9.17) is 0 Å². The summed E-state index contributed by atoms with van der Waals surface area (Å²) in [5.41, 5.74) is 0.406. The van der Waals surface area contributed by atoms with Crippen LogP contribution < -0.4 is 5.32 Å². The van der Waals surface area contributed by atoms with Crippen molar-refractivity contribution >= 4 is 21.8 Å². The summed E-state index contributed by atoms with van der Waals surface area (Å²) in [6.45, 7) is 0.462. The van der Waals surface area contributed by atoms with Gasteiger partial charge in [-0.2, -0.15) is 0 Å². The van der Waals surface area contributed by atoms with E-state index >= 15 is 0 Å². The smallest absolute Gasteiger partial charge is 0.252 e. The number of rotatable bonds is 3. The second-order valence-corrected chi connectivity index (χ2v) is 5.45. The molecule has 2 N–H and O–H groups in total. The molecule has 2 atom stereocenters. The highest BCUT2D eigenvalue weighted by Crippen LogP contribution is 2.25. The van der Waals surface area contributed by atoms with Crippen molar-refractivity contribution in [2.24, 2.45) is 5.92 Å². The number of hydrogen-bond acceptors (Lipinski definition) is 2. The minimum Gasteiger partial charge on any atom is -0.393 e. The Labute approximate surface area is 114 Å². The molecule has 1 saturated carbocycles. The van der Waals surface area contributed by atoms with Crippen LogP contribution in [0.25, 0.3) is 0 Å². The van der Waals surface area contributed by atoms with E-state index in [1.165, 1.54) is 18.2 Å². The first-order valence-corrected chi connectivity index (χ1v) is 6.78. The highest BCUT2D eigenvalue weighted by atomic mass is 79.9. The van der Waals surface area contributed by atoms with Gasteiger partial charge in [-0.3, -0.25) is 4.79 Å². The van der Waals surface area contributed by atoms with Crippen molar-refractivity contribution in [1.29, 1.82) is 0 Å². The van der Waals surface area contributed by atoms with Crippen LogP contribution in [0.3, 0.4) is 0 Å². The molecule has 0 radical (unpaired) electrons. The molecule has 1 fully saturated rings. The van der Waals surface area contributed by atoms with Crippen LogP contribution >= 0.6 is 15.9 Å². The molecule has 1 aliphatic rings. The van der Waals surface area contributed by atoms with Crippen LogP contribution in [0, 0.1) is 11.7 Å². The summed E-state index contributed by atoms with van der Waals surface area (Å²) >= 11 is 3.16. The Morgan fingerprint density at radius 2 is 2.28 bits per heavy atom. The van der Waals surface area contributed by atoms with Gasteiger partial charge in [-0.05, 0) is 47.0 Å². The van der Waals surface area contributed by atoms with Crippen molar-refractivity contribution in [3.05, 3.63) is 34.1 Å². The number of amides is 1. The van der Waals surface area contributed by atoms with E-state index in [1.807, 2.05) is 0 Å². The highest BCUT2D eigenvalue weighted by molar-refractivity contribution is 9.10. The molecule has 1 aromatic carbocycles. The maximum Gasteiger partial charge on any atom is 0.252 e.